The summed E-state index contributed by atoms with van der Waals surface area (Å²) < 4.78 is 0. The lowest BCUT2D eigenvalue weighted by molar-refractivity contribution is 0.725. The predicted octanol–water partition coefficient (Wildman–Crippen LogP) is 4.41. The maximum Gasteiger partial charge on any atom is 0.112 e. The molecule has 1 heterocycles. The highest BCUT2D eigenvalue weighted by molar-refractivity contribution is 8.03. The summed E-state index contributed by atoms with van der Waals surface area (Å²) >= 11 is 1.57. The van der Waals surface area contributed by atoms with Crippen molar-refractivity contribution in [3.63, 3.8) is 0 Å². The highest BCUT2D eigenvalue weighted by Gasteiger charge is 2.36. The van der Waals surface area contributed by atoms with Gasteiger partial charge >= 0.3 is 0 Å². The van der Waals surface area contributed by atoms with E-state index >= 15 is 0 Å². The van der Waals surface area contributed by atoms with Crippen molar-refractivity contribution in [2.24, 2.45) is 10.7 Å². The van der Waals surface area contributed by atoms with E-state index in [0.29, 0.717) is 11.4 Å². The van der Waals surface area contributed by atoms with Gasteiger partial charge in [-0.2, -0.15) is 5.26 Å². The van der Waals surface area contributed by atoms with E-state index in [1.807, 2.05) is 36.4 Å². The molecule has 4 heteroatoms. The number of thioether (sulfide) groups is 1. The summed E-state index contributed by atoms with van der Waals surface area (Å²) in [7, 11) is 0. The van der Waals surface area contributed by atoms with Crippen LogP contribution in [-0.4, -0.2) is 11.6 Å². The Morgan fingerprint density at radius 2 is 1.54 bits per heavy atom. The molecule has 0 bridgehead atoms. The van der Waals surface area contributed by atoms with Crippen LogP contribution in [0.3, 0.4) is 0 Å². The Morgan fingerprint density at radius 1 is 1.00 bits per heavy atom. The van der Waals surface area contributed by atoms with E-state index in [1.165, 1.54) is 0 Å². The minimum Gasteiger partial charge on any atom is -0.387 e. The van der Waals surface area contributed by atoms with Crippen LogP contribution in [-0.2, 0) is 0 Å². The number of allylic oxidation sites excluding steroid dienone is 1. The lowest BCUT2D eigenvalue weighted by atomic mass is 9.75. The first-order valence-corrected chi connectivity index (χ1v) is 8.95. The van der Waals surface area contributed by atoms with Gasteiger partial charge in [0, 0.05) is 5.92 Å². The minimum atomic E-state index is -0.121. The van der Waals surface area contributed by atoms with Gasteiger partial charge in [0.1, 0.15) is 10.9 Å². The monoisotopic (exact) mass is 333 g/mol. The van der Waals surface area contributed by atoms with Gasteiger partial charge in [0.05, 0.1) is 17.6 Å². The number of aliphatic imine (C=N–C) groups is 1. The molecule has 1 aliphatic rings. The van der Waals surface area contributed by atoms with Crippen molar-refractivity contribution in [3.05, 3.63) is 82.4 Å². The second-order valence-corrected chi connectivity index (χ2v) is 6.83. The van der Waals surface area contributed by atoms with Crippen LogP contribution in [0.4, 0.5) is 0 Å². The normalized spacial score (nSPS) is 20.4. The minimum absolute atomic E-state index is 0.106. The zero-order valence-electron chi connectivity index (χ0n) is 13.5. The van der Waals surface area contributed by atoms with E-state index in [2.05, 4.69) is 42.3 Å². The molecule has 2 aromatic carbocycles. The summed E-state index contributed by atoms with van der Waals surface area (Å²) in [5, 5.41) is 10.6. The van der Waals surface area contributed by atoms with Gasteiger partial charge in [0.15, 0.2) is 0 Å². The Balaban J connectivity index is 2.19. The van der Waals surface area contributed by atoms with E-state index in [9.17, 15) is 5.26 Å². The molecule has 1 aliphatic heterocycles. The van der Waals surface area contributed by atoms with Crippen LogP contribution < -0.4 is 5.73 Å². The van der Waals surface area contributed by atoms with Gasteiger partial charge in [-0.1, -0.05) is 67.6 Å². The third kappa shape index (κ3) is 3.08. The van der Waals surface area contributed by atoms with Gasteiger partial charge in [-0.15, -0.1) is 11.8 Å². The molecule has 0 saturated heterocycles. The van der Waals surface area contributed by atoms with Gasteiger partial charge in [0.2, 0.25) is 0 Å². The summed E-state index contributed by atoms with van der Waals surface area (Å²) in [4.78, 5) is 4.57. The Hall–Kier alpha value is -2.51. The van der Waals surface area contributed by atoms with Crippen molar-refractivity contribution in [1.29, 1.82) is 5.26 Å². The van der Waals surface area contributed by atoms with E-state index in [0.717, 1.165) is 21.9 Å². The Kier molecular flexibility index (Phi) is 5.02. The second-order valence-electron chi connectivity index (χ2n) is 5.58. The van der Waals surface area contributed by atoms with Gasteiger partial charge in [-0.3, -0.25) is 0 Å². The lowest BCUT2D eigenvalue weighted by Crippen LogP contribution is -2.31. The van der Waals surface area contributed by atoms with Gasteiger partial charge in [-0.25, -0.2) is 4.99 Å². The van der Waals surface area contributed by atoms with Crippen molar-refractivity contribution in [1.82, 2.24) is 0 Å². The highest BCUT2D eigenvalue weighted by atomic mass is 32.2. The van der Waals surface area contributed by atoms with Crippen LogP contribution in [0.5, 0.6) is 0 Å². The Bertz CT molecular complexity index is 804. The molecule has 0 fully saturated rings. The molecular weight excluding hydrogens is 314 g/mol. The summed E-state index contributed by atoms with van der Waals surface area (Å²) in [6.45, 7) is 2.05. The quantitative estimate of drug-likeness (QED) is 0.901. The third-order valence-corrected chi connectivity index (χ3v) is 5.02. The summed E-state index contributed by atoms with van der Waals surface area (Å²) in [6.07, 6.45) is 0. The van der Waals surface area contributed by atoms with Crippen molar-refractivity contribution in [2.45, 2.75) is 18.8 Å². The fraction of sp³-hybridized carbons (Fsp3) is 0.200. The molecule has 3 nitrogen and oxygen atoms in total. The Labute approximate surface area is 146 Å². The first kappa shape index (κ1) is 16.4. The predicted molar refractivity (Wildman–Crippen MR) is 101 cm³/mol. The molecular formula is C20H19N3S. The topological polar surface area (TPSA) is 62.2 Å². The zero-order chi connectivity index (χ0) is 16.9. The van der Waals surface area contributed by atoms with Crippen LogP contribution in [0.25, 0.3) is 0 Å². The molecule has 0 amide bonds. The lowest BCUT2D eigenvalue weighted by Gasteiger charge is -2.31. The van der Waals surface area contributed by atoms with E-state index < -0.39 is 0 Å². The molecule has 0 spiro atoms. The number of nitrogens with zero attached hydrogens (tertiary/aromatic N) is 2. The van der Waals surface area contributed by atoms with Crippen molar-refractivity contribution < 1.29 is 0 Å². The third-order valence-electron chi connectivity index (χ3n) is 4.14. The molecule has 2 aromatic rings. The number of amidine groups is 1. The average Bonchev–Trinajstić information content (AvgIpc) is 2.63. The van der Waals surface area contributed by atoms with Crippen LogP contribution in [0.15, 0.2) is 76.3 Å². The van der Waals surface area contributed by atoms with Crippen LogP contribution in [0.1, 0.15) is 29.9 Å². The maximum absolute atomic E-state index is 9.84. The molecule has 24 heavy (non-hydrogen) atoms. The molecule has 3 rings (SSSR count). The molecule has 0 aliphatic carbocycles. The molecule has 0 aromatic heterocycles. The smallest absolute Gasteiger partial charge is 0.112 e. The van der Waals surface area contributed by atoms with Crippen molar-refractivity contribution in [2.75, 3.05) is 5.75 Å². The van der Waals surface area contributed by atoms with Gasteiger partial charge in [-0.05, 0) is 16.9 Å². The number of benzene rings is 2. The van der Waals surface area contributed by atoms with E-state index in [1.54, 1.807) is 11.8 Å². The fourth-order valence-electron chi connectivity index (χ4n) is 3.12. The standard InChI is InChI=1S/C20H19N3S/c1-2-24-20-16(13-21)17(14-9-5-3-6-10-14)18(19(22)23-20)15-11-7-4-8-12-15/h3-12,17-18H,2H2,1H3,(H2,22,23). The largest absolute Gasteiger partial charge is 0.387 e. The van der Waals surface area contributed by atoms with Crippen LogP contribution >= 0.6 is 11.8 Å². The summed E-state index contributed by atoms with van der Waals surface area (Å²) in [6, 6.07) is 22.6. The SMILES string of the molecule is CCSC1=C(C#N)C(c2ccccc2)C(c2ccccc2)C(N)=N1. The highest BCUT2D eigenvalue weighted by Crippen LogP contribution is 2.45. The molecule has 0 saturated carbocycles. The zero-order valence-corrected chi connectivity index (χ0v) is 14.3. The number of nitriles is 1. The van der Waals surface area contributed by atoms with Crippen LogP contribution in [0, 0.1) is 11.3 Å². The second kappa shape index (κ2) is 7.37. The number of hydrogen-bond acceptors (Lipinski definition) is 4. The molecule has 120 valence electrons. The molecule has 0 radical (unpaired) electrons. The fourth-order valence-corrected chi connectivity index (χ4v) is 3.90. The summed E-state index contributed by atoms with van der Waals surface area (Å²) in [5.74, 6) is 1.20. The first-order chi connectivity index (χ1) is 11.8. The Morgan fingerprint density at radius 3 is 2.04 bits per heavy atom. The van der Waals surface area contributed by atoms with E-state index in [-0.39, 0.29) is 11.8 Å². The number of rotatable bonds is 4. The first-order valence-electron chi connectivity index (χ1n) is 7.97. The van der Waals surface area contributed by atoms with E-state index in [4.69, 9.17) is 5.73 Å². The molecule has 2 N–H and O–H groups in total. The average molecular weight is 333 g/mol. The molecule has 2 unspecified atom stereocenters. The molecule has 2 atom stereocenters. The van der Waals surface area contributed by atoms with Crippen LogP contribution in [0.2, 0.25) is 0 Å². The maximum atomic E-state index is 9.84. The van der Waals surface area contributed by atoms with Gasteiger partial charge < -0.3 is 5.73 Å². The van der Waals surface area contributed by atoms with Gasteiger partial charge in [0.25, 0.3) is 0 Å². The van der Waals surface area contributed by atoms with Crippen molar-refractivity contribution >= 4 is 17.6 Å². The number of nitrogens with two attached hydrogens (primary N) is 1. The number of hydrogen-bond donors (Lipinski definition) is 1. The summed E-state index contributed by atoms with van der Waals surface area (Å²) in [5.41, 5.74) is 9.25. The van der Waals surface area contributed by atoms with Crippen molar-refractivity contribution in [3.8, 4) is 6.07 Å².